The van der Waals surface area contributed by atoms with Gasteiger partial charge in [-0.05, 0) is 38.8 Å². The van der Waals surface area contributed by atoms with Crippen LogP contribution < -0.4 is 5.32 Å². The van der Waals surface area contributed by atoms with E-state index in [4.69, 9.17) is 0 Å². The van der Waals surface area contributed by atoms with Crippen molar-refractivity contribution in [3.05, 3.63) is 18.7 Å². The lowest BCUT2D eigenvalue weighted by molar-refractivity contribution is 0.174. The molecular weight excluding hydrogens is 236 g/mol. The molecule has 1 aliphatic rings. The van der Waals surface area contributed by atoms with Crippen molar-refractivity contribution in [3.8, 4) is 0 Å². The molecule has 1 N–H and O–H groups in total. The first-order chi connectivity index (χ1) is 9.13. The summed E-state index contributed by atoms with van der Waals surface area (Å²) in [6, 6.07) is 1.19. The van der Waals surface area contributed by atoms with Crippen LogP contribution in [-0.4, -0.2) is 46.2 Å². The monoisotopic (exact) mass is 264 g/mol. The summed E-state index contributed by atoms with van der Waals surface area (Å²) >= 11 is 0. The van der Waals surface area contributed by atoms with E-state index in [0.29, 0.717) is 12.1 Å². The number of nitrogens with zero attached hydrogens (tertiary/aromatic N) is 3. The fraction of sp³-hybridized carbons (Fsp3) is 0.800. The number of aromatic nitrogens is 2. The molecule has 1 unspecified atom stereocenters. The van der Waals surface area contributed by atoms with Crippen molar-refractivity contribution in [2.24, 2.45) is 5.92 Å². The smallest absolute Gasteiger partial charge is 0.0946 e. The van der Waals surface area contributed by atoms with E-state index < -0.39 is 0 Å². The predicted molar refractivity (Wildman–Crippen MR) is 79.1 cm³/mol. The van der Waals surface area contributed by atoms with Crippen molar-refractivity contribution < 1.29 is 0 Å². The number of hydrogen-bond acceptors (Lipinski definition) is 3. The third kappa shape index (κ3) is 4.96. The van der Waals surface area contributed by atoms with Crippen LogP contribution in [0, 0.1) is 5.92 Å². The molecule has 1 fully saturated rings. The second kappa shape index (κ2) is 7.06. The minimum atomic E-state index is 0.510. The van der Waals surface area contributed by atoms with Crippen LogP contribution in [-0.2, 0) is 6.54 Å². The van der Waals surface area contributed by atoms with Crippen LogP contribution >= 0.6 is 0 Å². The molecular formula is C15H28N4. The summed E-state index contributed by atoms with van der Waals surface area (Å²) in [6.45, 7) is 11.6. The molecule has 0 saturated carbocycles. The first-order valence-corrected chi connectivity index (χ1v) is 7.57. The molecule has 0 aliphatic carbocycles. The van der Waals surface area contributed by atoms with E-state index >= 15 is 0 Å². The maximum atomic E-state index is 4.09. The molecule has 108 valence electrons. The zero-order valence-corrected chi connectivity index (χ0v) is 12.5. The zero-order valence-electron chi connectivity index (χ0n) is 12.5. The quantitative estimate of drug-likeness (QED) is 0.853. The summed E-state index contributed by atoms with van der Waals surface area (Å²) in [5, 5.41) is 3.76. The van der Waals surface area contributed by atoms with Crippen LogP contribution in [0.2, 0.25) is 0 Å². The number of piperidine rings is 1. The Labute approximate surface area is 117 Å². The summed E-state index contributed by atoms with van der Waals surface area (Å²) < 4.78 is 2.14. The van der Waals surface area contributed by atoms with E-state index in [1.165, 1.54) is 32.5 Å². The van der Waals surface area contributed by atoms with Gasteiger partial charge >= 0.3 is 0 Å². The third-order valence-electron chi connectivity index (χ3n) is 3.78. The molecule has 0 bridgehead atoms. The van der Waals surface area contributed by atoms with E-state index in [2.05, 4.69) is 40.5 Å². The largest absolute Gasteiger partial charge is 0.336 e. The fourth-order valence-electron chi connectivity index (χ4n) is 2.96. The number of imidazole rings is 1. The third-order valence-corrected chi connectivity index (χ3v) is 3.78. The van der Waals surface area contributed by atoms with Gasteiger partial charge in [0.05, 0.1) is 6.33 Å². The van der Waals surface area contributed by atoms with Gasteiger partial charge in [-0.2, -0.15) is 0 Å². The minimum absolute atomic E-state index is 0.510. The summed E-state index contributed by atoms with van der Waals surface area (Å²) in [4.78, 5) is 6.69. The molecule has 0 radical (unpaired) electrons. The maximum absolute atomic E-state index is 4.09. The van der Waals surface area contributed by atoms with Crippen LogP contribution in [0.3, 0.4) is 0 Å². The highest BCUT2D eigenvalue weighted by Crippen LogP contribution is 2.12. The lowest BCUT2D eigenvalue weighted by Crippen LogP contribution is -2.47. The van der Waals surface area contributed by atoms with Crippen molar-refractivity contribution in [2.45, 2.75) is 52.2 Å². The molecule has 0 spiro atoms. The van der Waals surface area contributed by atoms with E-state index in [1.54, 1.807) is 0 Å². The Bertz CT molecular complexity index is 339. The first-order valence-electron chi connectivity index (χ1n) is 7.57. The number of rotatable bonds is 6. The Balaban J connectivity index is 1.67. The lowest BCUT2D eigenvalue weighted by atomic mass is 10.0. The Morgan fingerprint density at radius 2 is 1.95 bits per heavy atom. The number of nitrogens with one attached hydrogen (secondary N) is 1. The van der Waals surface area contributed by atoms with Gasteiger partial charge in [-0.25, -0.2) is 4.98 Å². The van der Waals surface area contributed by atoms with E-state index in [0.717, 1.165) is 12.5 Å². The Morgan fingerprint density at radius 3 is 2.53 bits per heavy atom. The van der Waals surface area contributed by atoms with Crippen LogP contribution in [0.25, 0.3) is 0 Å². The normalized spacial score (nSPS) is 20.0. The van der Waals surface area contributed by atoms with Gasteiger partial charge in [0.25, 0.3) is 0 Å². The van der Waals surface area contributed by atoms with Crippen LogP contribution in [0.15, 0.2) is 18.7 Å². The molecule has 1 aliphatic heterocycles. The molecule has 1 aromatic heterocycles. The highest BCUT2D eigenvalue weighted by molar-refractivity contribution is 4.81. The first kappa shape index (κ1) is 14.5. The van der Waals surface area contributed by atoms with Gasteiger partial charge < -0.3 is 14.8 Å². The molecule has 2 rings (SSSR count). The molecule has 0 amide bonds. The average Bonchev–Trinajstić information content (AvgIpc) is 2.83. The van der Waals surface area contributed by atoms with E-state index in [1.807, 2.05) is 18.7 Å². The van der Waals surface area contributed by atoms with Gasteiger partial charge in [-0.3, -0.25) is 0 Å². The standard InChI is InChI=1S/C15H28N4/c1-13(2)10-18-7-4-15(5-8-18)17-14(3)11-19-9-6-16-12-19/h6,9,12-15,17H,4-5,7-8,10-11H2,1-3H3. The fourth-order valence-corrected chi connectivity index (χ4v) is 2.96. The topological polar surface area (TPSA) is 33.1 Å². The predicted octanol–water partition coefficient (Wildman–Crippen LogP) is 1.98. The zero-order chi connectivity index (χ0) is 13.7. The van der Waals surface area contributed by atoms with Crippen LogP contribution in [0.4, 0.5) is 0 Å². The Kier molecular flexibility index (Phi) is 5.40. The lowest BCUT2D eigenvalue weighted by Gasteiger charge is -2.34. The molecule has 4 heteroatoms. The highest BCUT2D eigenvalue weighted by atomic mass is 15.1. The van der Waals surface area contributed by atoms with Crippen molar-refractivity contribution in [3.63, 3.8) is 0 Å². The van der Waals surface area contributed by atoms with Crippen LogP contribution in [0.5, 0.6) is 0 Å². The average molecular weight is 264 g/mol. The molecule has 1 aromatic rings. The molecule has 1 atom stereocenters. The second-order valence-electron chi connectivity index (χ2n) is 6.30. The van der Waals surface area contributed by atoms with Gasteiger partial charge in [-0.15, -0.1) is 0 Å². The van der Waals surface area contributed by atoms with Gasteiger partial charge in [-0.1, -0.05) is 13.8 Å². The van der Waals surface area contributed by atoms with E-state index in [9.17, 15) is 0 Å². The van der Waals surface area contributed by atoms with Crippen molar-refractivity contribution in [1.29, 1.82) is 0 Å². The minimum Gasteiger partial charge on any atom is -0.336 e. The Morgan fingerprint density at radius 1 is 1.21 bits per heavy atom. The maximum Gasteiger partial charge on any atom is 0.0946 e. The second-order valence-corrected chi connectivity index (χ2v) is 6.30. The molecule has 1 saturated heterocycles. The van der Waals surface area contributed by atoms with Crippen LogP contribution in [0.1, 0.15) is 33.6 Å². The van der Waals surface area contributed by atoms with Gasteiger partial charge in [0, 0.05) is 37.6 Å². The molecule has 0 aromatic carbocycles. The summed E-state index contributed by atoms with van der Waals surface area (Å²) in [6.07, 6.45) is 8.33. The molecule has 4 nitrogen and oxygen atoms in total. The van der Waals surface area contributed by atoms with Crippen molar-refractivity contribution >= 4 is 0 Å². The number of hydrogen-bond donors (Lipinski definition) is 1. The van der Waals surface area contributed by atoms with Gasteiger partial charge in [0.15, 0.2) is 0 Å². The highest BCUT2D eigenvalue weighted by Gasteiger charge is 2.20. The van der Waals surface area contributed by atoms with Crippen molar-refractivity contribution in [1.82, 2.24) is 19.8 Å². The number of likely N-dealkylation sites (tertiary alicyclic amines) is 1. The molecule has 19 heavy (non-hydrogen) atoms. The van der Waals surface area contributed by atoms with E-state index in [-0.39, 0.29) is 0 Å². The summed E-state index contributed by atoms with van der Waals surface area (Å²) in [7, 11) is 0. The summed E-state index contributed by atoms with van der Waals surface area (Å²) in [5.41, 5.74) is 0. The van der Waals surface area contributed by atoms with Gasteiger partial charge in [0.1, 0.15) is 0 Å². The van der Waals surface area contributed by atoms with Crippen molar-refractivity contribution in [2.75, 3.05) is 19.6 Å². The molecule has 2 heterocycles. The SMILES string of the molecule is CC(C)CN1CCC(NC(C)Cn2ccnc2)CC1. The van der Waals surface area contributed by atoms with Gasteiger partial charge in [0.2, 0.25) is 0 Å². The Hall–Kier alpha value is -0.870. The summed E-state index contributed by atoms with van der Waals surface area (Å²) in [5.74, 6) is 0.782.